The van der Waals surface area contributed by atoms with E-state index in [1.54, 1.807) is 6.20 Å². The van der Waals surface area contributed by atoms with Crippen LogP contribution in [0.5, 0.6) is 0 Å². The molecule has 0 spiro atoms. The second kappa shape index (κ2) is 8.27. The molecule has 6 heteroatoms. The summed E-state index contributed by atoms with van der Waals surface area (Å²) in [5, 5.41) is 20.4. The summed E-state index contributed by atoms with van der Waals surface area (Å²) in [5.41, 5.74) is 2.77. The number of carbonyl (C=O) groups excluding carboxylic acids is 1. The summed E-state index contributed by atoms with van der Waals surface area (Å²) in [7, 11) is 0. The fourth-order valence-corrected chi connectivity index (χ4v) is 3.24. The van der Waals surface area contributed by atoms with Crippen LogP contribution in [0.3, 0.4) is 0 Å². The highest BCUT2D eigenvalue weighted by Gasteiger charge is 2.26. The first-order valence-electron chi connectivity index (χ1n) is 8.94. The maximum atomic E-state index is 12.6. The SMILES string of the molecule is CCCc1c(C(=O)NCC2CNCC2O)cnn1Cc1ccccc1. The van der Waals surface area contributed by atoms with Gasteiger partial charge in [-0.25, -0.2) is 0 Å². The van der Waals surface area contributed by atoms with Crippen LogP contribution in [0.25, 0.3) is 0 Å². The maximum absolute atomic E-state index is 12.6. The van der Waals surface area contributed by atoms with Crippen LogP contribution in [-0.4, -0.2) is 46.5 Å². The first-order valence-corrected chi connectivity index (χ1v) is 8.94. The molecule has 2 atom stereocenters. The number of hydrogen-bond donors (Lipinski definition) is 3. The Bertz CT molecular complexity index is 699. The molecule has 1 aromatic carbocycles. The van der Waals surface area contributed by atoms with Crippen LogP contribution >= 0.6 is 0 Å². The minimum Gasteiger partial charge on any atom is -0.391 e. The Hall–Kier alpha value is -2.18. The Morgan fingerprint density at radius 1 is 1.36 bits per heavy atom. The molecular weight excluding hydrogens is 316 g/mol. The van der Waals surface area contributed by atoms with Gasteiger partial charge in [-0.3, -0.25) is 9.48 Å². The summed E-state index contributed by atoms with van der Waals surface area (Å²) >= 11 is 0. The lowest BCUT2D eigenvalue weighted by atomic mass is 10.1. The molecule has 25 heavy (non-hydrogen) atoms. The minimum atomic E-state index is -0.392. The molecule has 1 saturated heterocycles. The predicted molar refractivity (Wildman–Crippen MR) is 96.5 cm³/mol. The monoisotopic (exact) mass is 342 g/mol. The number of aliphatic hydroxyl groups is 1. The molecule has 2 aromatic rings. The van der Waals surface area contributed by atoms with Crippen molar-refractivity contribution < 1.29 is 9.90 Å². The van der Waals surface area contributed by atoms with Gasteiger partial charge < -0.3 is 15.7 Å². The number of carbonyl (C=O) groups is 1. The van der Waals surface area contributed by atoms with E-state index in [0.29, 0.717) is 25.2 Å². The zero-order valence-corrected chi connectivity index (χ0v) is 14.6. The molecule has 2 heterocycles. The number of nitrogens with one attached hydrogen (secondary N) is 2. The van der Waals surface area contributed by atoms with Crippen LogP contribution in [-0.2, 0) is 13.0 Å². The molecule has 2 unspecified atom stereocenters. The van der Waals surface area contributed by atoms with Crippen molar-refractivity contribution in [3.63, 3.8) is 0 Å². The molecule has 0 radical (unpaired) electrons. The normalized spacial score (nSPS) is 19.9. The van der Waals surface area contributed by atoms with Gasteiger partial charge in [-0.2, -0.15) is 5.10 Å². The molecule has 1 aliphatic heterocycles. The number of nitrogens with zero attached hydrogens (tertiary/aromatic N) is 2. The van der Waals surface area contributed by atoms with Gasteiger partial charge in [-0.1, -0.05) is 43.7 Å². The van der Waals surface area contributed by atoms with Gasteiger partial charge in [0.15, 0.2) is 0 Å². The molecule has 0 aliphatic carbocycles. The van der Waals surface area contributed by atoms with Crippen molar-refractivity contribution in [1.82, 2.24) is 20.4 Å². The molecule has 3 rings (SSSR count). The molecule has 6 nitrogen and oxygen atoms in total. The zero-order chi connectivity index (χ0) is 17.6. The number of β-amino-alcohol motifs (C(OH)–C–C–N with tert-alkyl or cyclic N) is 1. The van der Waals surface area contributed by atoms with Gasteiger partial charge >= 0.3 is 0 Å². The third-order valence-electron chi connectivity index (χ3n) is 4.68. The molecule has 0 saturated carbocycles. The lowest BCUT2D eigenvalue weighted by molar-refractivity contribution is 0.0926. The number of hydrogen-bond acceptors (Lipinski definition) is 4. The number of aliphatic hydroxyl groups excluding tert-OH is 1. The average molecular weight is 342 g/mol. The van der Waals surface area contributed by atoms with Gasteiger partial charge in [0.2, 0.25) is 0 Å². The van der Waals surface area contributed by atoms with Crippen molar-refractivity contribution in [2.75, 3.05) is 19.6 Å². The summed E-state index contributed by atoms with van der Waals surface area (Å²) in [6.07, 6.45) is 3.03. The van der Waals surface area contributed by atoms with E-state index in [1.165, 1.54) is 0 Å². The highest BCUT2D eigenvalue weighted by atomic mass is 16.3. The first kappa shape index (κ1) is 17.6. The molecule has 1 aromatic heterocycles. The highest BCUT2D eigenvalue weighted by Crippen LogP contribution is 2.14. The lowest BCUT2D eigenvalue weighted by Crippen LogP contribution is -2.34. The maximum Gasteiger partial charge on any atom is 0.254 e. The average Bonchev–Trinajstić information content (AvgIpc) is 3.21. The second-order valence-electron chi connectivity index (χ2n) is 6.59. The summed E-state index contributed by atoms with van der Waals surface area (Å²) in [6.45, 7) is 4.56. The Kier molecular flexibility index (Phi) is 5.83. The number of amides is 1. The predicted octanol–water partition coefficient (Wildman–Crippen LogP) is 1.19. The Morgan fingerprint density at radius 3 is 2.84 bits per heavy atom. The van der Waals surface area contributed by atoms with Crippen molar-refractivity contribution in [2.24, 2.45) is 5.92 Å². The number of aromatic nitrogens is 2. The summed E-state index contributed by atoms with van der Waals surface area (Å²) in [4.78, 5) is 12.6. The van der Waals surface area contributed by atoms with Gasteiger partial charge in [0.05, 0.1) is 30.1 Å². The molecule has 1 amide bonds. The van der Waals surface area contributed by atoms with E-state index in [0.717, 1.165) is 30.6 Å². The third-order valence-corrected chi connectivity index (χ3v) is 4.68. The van der Waals surface area contributed by atoms with Crippen molar-refractivity contribution in [1.29, 1.82) is 0 Å². The van der Waals surface area contributed by atoms with Crippen molar-refractivity contribution in [3.05, 3.63) is 53.3 Å². The fraction of sp³-hybridized carbons (Fsp3) is 0.474. The van der Waals surface area contributed by atoms with Crippen LogP contribution in [0.4, 0.5) is 0 Å². The summed E-state index contributed by atoms with van der Waals surface area (Å²) < 4.78 is 1.92. The van der Waals surface area contributed by atoms with Crippen molar-refractivity contribution in [2.45, 2.75) is 32.4 Å². The summed E-state index contributed by atoms with van der Waals surface area (Å²) in [6, 6.07) is 10.1. The number of benzene rings is 1. The van der Waals surface area contributed by atoms with Crippen molar-refractivity contribution in [3.8, 4) is 0 Å². The highest BCUT2D eigenvalue weighted by molar-refractivity contribution is 5.95. The van der Waals surface area contributed by atoms with E-state index in [1.807, 2.05) is 22.9 Å². The molecule has 3 N–H and O–H groups in total. The van der Waals surface area contributed by atoms with Crippen LogP contribution in [0.15, 0.2) is 36.5 Å². The summed E-state index contributed by atoms with van der Waals surface area (Å²) in [5.74, 6) is -0.0419. The van der Waals surface area contributed by atoms with E-state index in [4.69, 9.17) is 0 Å². The fourth-order valence-electron chi connectivity index (χ4n) is 3.24. The van der Waals surface area contributed by atoms with Gasteiger partial charge in [-0.15, -0.1) is 0 Å². The van der Waals surface area contributed by atoms with Gasteiger partial charge in [0.25, 0.3) is 5.91 Å². The molecular formula is C19H26N4O2. The van der Waals surface area contributed by atoms with Crippen molar-refractivity contribution >= 4 is 5.91 Å². The van der Waals surface area contributed by atoms with Crippen LogP contribution < -0.4 is 10.6 Å². The first-order chi connectivity index (χ1) is 12.2. The van der Waals surface area contributed by atoms with E-state index < -0.39 is 6.10 Å². The zero-order valence-electron chi connectivity index (χ0n) is 14.6. The molecule has 0 bridgehead atoms. The largest absolute Gasteiger partial charge is 0.391 e. The minimum absolute atomic E-state index is 0.0675. The number of rotatable bonds is 7. The van der Waals surface area contributed by atoms with Gasteiger partial charge in [0.1, 0.15) is 0 Å². The molecule has 134 valence electrons. The standard InChI is InChI=1S/C19H26N4O2/c1-2-6-17-16(19(25)21-10-15-9-20-12-18(15)24)11-22-23(17)13-14-7-4-3-5-8-14/h3-5,7-8,11,15,18,20,24H,2,6,9-10,12-13H2,1H3,(H,21,25). The molecule has 1 aliphatic rings. The van der Waals surface area contributed by atoms with Gasteiger partial charge in [-0.05, 0) is 12.0 Å². The van der Waals surface area contributed by atoms with Crippen LogP contribution in [0.1, 0.15) is 35.0 Å². The van der Waals surface area contributed by atoms with E-state index >= 15 is 0 Å². The van der Waals surface area contributed by atoms with Gasteiger partial charge in [0, 0.05) is 25.6 Å². The van der Waals surface area contributed by atoms with Crippen LogP contribution in [0, 0.1) is 5.92 Å². The lowest BCUT2D eigenvalue weighted by Gasteiger charge is -2.14. The van der Waals surface area contributed by atoms with Crippen LogP contribution in [0.2, 0.25) is 0 Å². The third kappa shape index (κ3) is 4.27. The second-order valence-corrected chi connectivity index (χ2v) is 6.59. The van der Waals surface area contributed by atoms with E-state index in [9.17, 15) is 9.90 Å². The van der Waals surface area contributed by atoms with E-state index in [2.05, 4.69) is 34.8 Å². The van der Waals surface area contributed by atoms with E-state index in [-0.39, 0.29) is 11.8 Å². The Morgan fingerprint density at radius 2 is 2.16 bits per heavy atom. The smallest absolute Gasteiger partial charge is 0.254 e. The molecule has 1 fully saturated rings. The Balaban J connectivity index is 1.70. The quantitative estimate of drug-likeness (QED) is 0.706. The topological polar surface area (TPSA) is 79.2 Å². The Labute approximate surface area is 148 Å².